The standard InChI is InChI=1S/C6H4Te2/c7-5-1-2-6(8)4-3-5/h1-4H. The first-order valence-corrected chi connectivity index (χ1v) is 4.56. The van der Waals surface area contributed by atoms with Gasteiger partial charge in [-0.05, 0) is 0 Å². The van der Waals surface area contributed by atoms with Crippen LogP contribution in [0.3, 0.4) is 0 Å². The van der Waals surface area contributed by atoms with E-state index in [9.17, 15) is 0 Å². The van der Waals surface area contributed by atoms with Crippen molar-refractivity contribution in [3.05, 3.63) is 24.3 Å². The summed E-state index contributed by atoms with van der Waals surface area (Å²) >= 11 is 4.06. The molecule has 0 amide bonds. The van der Waals surface area contributed by atoms with Gasteiger partial charge < -0.3 is 0 Å². The van der Waals surface area contributed by atoms with Gasteiger partial charge in [0.05, 0.1) is 0 Å². The molecule has 1 aromatic rings. The van der Waals surface area contributed by atoms with Crippen molar-refractivity contribution in [2.24, 2.45) is 0 Å². The summed E-state index contributed by atoms with van der Waals surface area (Å²) in [5.41, 5.74) is 0. The predicted octanol–water partition coefficient (Wildman–Crippen LogP) is -0.726. The van der Waals surface area contributed by atoms with Crippen LogP contribution in [0.2, 0.25) is 0 Å². The first kappa shape index (κ1) is 6.91. The Morgan fingerprint density at radius 2 is 1.00 bits per heavy atom. The van der Waals surface area contributed by atoms with Crippen LogP contribution >= 0.6 is 0 Å². The second-order valence-electron chi connectivity index (χ2n) is 1.47. The number of rotatable bonds is 0. The fourth-order valence-electron chi connectivity index (χ4n) is 0.440. The molecule has 1 rings (SSSR count). The molecule has 0 bridgehead atoms. The first-order valence-electron chi connectivity index (χ1n) is 2.23. The van der Waals surface area contributed by atoms with Gasteiger partial charge >= 0.3 is 76.1 Å². The third-order valence-corrected chi connectivity index (χ3v) is 2.38. The molecule has 0 saturated heterocycles. The Kier molecular flexibility index (Phi) is 2.67. The molecule has 1 aromatic carbocycles. The van der Waals surface area contributed by atoms with Gasteiger partial charge in [-0.15, -0.1) is 0 Å². The van der Waals surface area contributed by atoms with E-state index in [1.54, 1.807) is 0 Å². The summed E-state index contributed by atoms with van der Waals surface area (Å²) in [5, 5.41) is 0. The van der Waals surface area contributed by atoms with Crippen LogP contribution in [0, 0.1) is 0 Å². The van der Waals surface area contributed by atoms with Gasteiger partial charge in [0.1, 0.15) is 0 Å². The van der Waals surface area contributed by atoms with Gasteiger partial charge in [-0.3, -0.25) is 0 Å². The number of benzene rings is 1. The van der Waals surface area contributed by atoms with E-state index in [2.05, 4.69) is 24.3 Å². The molecule has 0 atom stereocenters. The summed E-state index contributed by atoms with van der Waals surface area (Å²) in [6.07, 6.45) is 0. The normalized spacial score (nSPS) is 9.00. The van der Waals surface area contributed by atoms with Gasteiger partial charge in [0, 0.05) is 0 Å². The molecule has 0 aliphatic heterocycles. The van der Waals surface area contributed by atoms with E-state index in [4.69, 9.17) is 0 Å². The molecule has 8 heavy (non-hydrogen) atoms. The van der Waals surface area contributed by atoms with Crippen molar-refractivity contribution in [2.75, 3.05) is 0 Å². The zero-order chi connectivity index (χ0) is 5.98. The average molecular weight is 331 g/mol. The van der Waals surface area contributed by atoms with Crippen LogP contribution in [0.1, 0.15) is 0 Å². The van der Waals surface area contributed by atoms with Crippen LogP contribution < -0.4 is 7.22 Å². The van der Waals surface area contributed by atoms with Crippen molar-refractivity contribution in [3.63, 3.8) is 0 Å². The topological polar surface area (TPSA) is 0 Å². The van der Waals surface area contributed by atoms with E-state index in [-0.39, 0.29) is 0 Å². The third kappa shape index (κ3) is 1.96. The molecule has 2 radical (unpaired) electrons. The first-order chi connectivity index (χ1) is 3.79. The molecule has 0 aromatic heterocycles. The summed E-state index contributed by atoms with van der Waals surface area (Å²) in [5.74, 6) is 0. The SMILES string of the molecule is [Te]c1ccc([Te])cc1. The second-order valence-corrected chi connectivity index (χ2v) is 4.16. The van der Waals surface area contributed by atoms with E-state index in [0.717, 1.165) is 0 Å². The molecule has 0 nitrogen and oxygen atoms in total. The molecule has 0 heterocycles. The Morgan fingerprint density at radius 1 is 0.750 bits per heavy atom. The van der Waals surface area contributed by atoms with Crippen molar-refractivity contribution in [3.8, 4) is 0 Å². The van der Waals surface area contributed by atoms with Gasteiger partial charge in [0.2, 0.25) is 0 Å². The Labute approximate surface area is 75.5 Å². The van der Waals surface area contributed by atoms with Crippen LogP contribution in [0.4, 0.5) is 0 Å². The van der Waals surface area contributed by atoms with Gasteiger partial charge in [0.15, 0.2) is 0 Å². The Morgan fingerprint density at radius 3 is 1.25 bits per heavy atom. The van der Waals surface area contributed by atoms with Crippen LogP contribution in [-0.4, -0.2) is 44.6 Å². The molecule has 40 valence electrons. The van der Waals surface area contributed by atoms with Gasteiger partial charge in [-0.2, -0.15) is 0 Å². The second kappa shape index (κ2) is 3.09. The molecular weight excluding hydrogens is 327 g/mol. The predicted molar refractivity (Wildman–Crippen MR) is 37.2 cm³/mol. The molecule has 0 fully saturated rings. The molecule has 0 N–H and O–H groups in total. The van der Waals surface area contributed by atoms with Gasteiger partial charge in [-0.25, -0.2) is 0 Å². The zero-order valence-corrected chi connectivity index (χ0v) is 8.79. The zero-order valence-electron chi connectivity index (χ0n) is 4.13. The summed E-state index contributed by atoms with van der Waals surface area (Å²) in [6, 6.07) is 8.51. The van der Waals surface area contributed by atoms with Crippen LogP contribution in [0.15, 0.2) is 24.3 Å². The Bertz CT molecular complexity index is 145. The van der Waals surface area contributed by atoms with Crippen molar-refractivity contribution >= 4 is 51.8 Å². The van der Waals surface area contributed by atoms with Crippen LogP contribution in [0.5, 0.6) is 0 Å². The van der Waals surface area contributed by atoms with Gasteiger partial charge in [0.25, 0.3) is 0 Å². The maximum atomic E-state index is 2.13. The fraction of sp³-hybridized carbons (Fsp3) is 0. The minimum atomic E-state index is 1.34. The summed E-state index contributed by atoms with van der Waals surface area (Å²) < 4.78 is 2.68. The van der Waals surface area contributed by atoms with Crippen molar-refractivity contribution in [1.82, 2.24) is 0 Å². The molecule has 0 saturated carbocycles. The molecule has 2 heteroatoms. The molecule has 0 aliphatic carbocycles. The molecule has 0 aliphatic rings. The minimum absolute atomic E-state index is 1.34. The number of hydrogen-bond acceptors (Lipinski definition) is 0. The average Bonchev–Trinajstić information content (AvgIpc) is 1.77. The molecule has 0 unspecified atom stereocenters. The van der Waals surface area contributed by atoms with Gasteiger partial charge in [-0.1, -0.05) is 0 Å². The monoisotopic (exact) mass is 336 g/mol. The van der Waals surface area contributed by atoms with E-state index in [1.165, 1.54) is 7.22 Å². The fourth-order valence-corrected chi connectivity index (χ4v) is 1.22. The Hall–Kier alpha value is 0.799. The van der Waals surface area contributed by atoms with Crippen molar-refractivity contribution < 1.29 is 0 Å². The van der Waals surface area contributed by atoms with Crippen LogP contribution in [0.25, 0.3) is 0 Å². The maximum absolute atomic E-state index is 2.13. The van der Waals surface area contributed by atoms with E-state index in [1.807, 2.05) is 44.6 Å². The molecule has 0 spiro atoms. The number of hydrogen-bond donors (Lipinski definition) is 0. The van der Waals surface area contributed by atoms with Crippen LogP contribution in [-0.2, 0) is 0 Å². The molecular formula is C6H4Te2. The van der Waals surface area contributed by atoms with E-state index in [0.29, 0.717) is 0 Å². The summed E-state index contributed by atoms with van der Waals surface area (Å²) in [6.45, 7) is 0. The van der Waals surface area contributed by atoms with Crippen molar-refractivity contribution in [2.45, 2.75) is 0 Å². The van der Waals surface area contributed by atoms with E-state index >= 15 is 0 Å². The quantitative estimate of drug-likeness (QED) is 0.550. The van der Waals surface area contributed by atoms with Crippen molar-refractivity contribution in [1.29, 1.82) is 0 Å². The third-order valence-electron chi connectivity index (χ3n) is 0.824. The van der Waals surface area contributed by atoms with E-state index < -0.39 is 0 Å². The summed E-state index contributed by atoms with van der Waals surface area (Å²) in [7, 11) is 0. The Balaban J connectivity index is 3.03. The summed E-state index contributed by atoms with van der Waals surface area (Å²) in [4.78, 5) is 0.